The summed E-state index contributed by atoms with van der Waals surface area (Å²) in [5.41, 5.74) is 2.90. The van der Waals surface area contributed by atoms with Gasteiger partial charge in [-0.25, -0.2) is 0 Å². The minimum Gasteiger partial charge on any atom is -0.454 e. The molecule has 23 heavy (non-hydrogen) atoms. The van der Waals surface area contributed by atoms with Crippen molar-refractivity contribution in [1.82, 2.24) is 0 Å². The van der Waals surface area contributed by atoms with Crippen LogP contribution in [0.5, 0.6) is 11.5 Å². The van der Waals surface area contributed by atoms with Crippen LogP contribution >= 0.6 is 0 Å². The molecule has 114 valence electrons. The van der Waals surface area contributed by atoms with Crippen molar-refractivity contribution in [1.29, 1.82) is 0 Å². The zero-order chi connectivity index (χ0) is 15.8. The number of ether oxygens (including phenoxy) is 2. The van der Waals surface area contributed by atoms with Crippen molar-refractivity contribution in [3.8, 4) is 11.5 Å². The van der Waals surface area contributed by atoms with Crippen LogP contribution in [0.3, 0.4) is 0 Å². The number of para-hydroxylation sites is 1. The molecule has 2 aliphatic rings. The van der Waals surface area contributed by atoms with Crippen molar-refractivity contribution in [3.05, 3.63) is 59.7 Å². The average Bonchev–Trinajstić information content (AvgIpc) is 3.15. The standard InChI is InChI=1S/C18H14N2O3/c1-12-15(9-13-7-8-16-17(10-13)23-11-22-16)18(21)20(19-12)14-5-3-2-4-6-14/h2-10H,11H2,1H3. The molecule has 2 aliphatic heterocycles. The highest BCUT2D eigenvalue weighted by atomic mass is 16.7. The molecule has 0 unspecified atom stereocenters. The van der Waals surface area contributed by atoms with E-state index in [2.05, 4.69) is 5.10 Å². The molecule has 5 heteroatoms. The second-order valence-corrected chi connectivity index (χ2v) is 5.31. The summed E-state index contributed by atoms with van der Waals surface area (Å²) in [6.07, 6.45) is 1.83. The summed E-state index contributed by atoms with van der Waals surface area (Å²) in [5, 5.41) is 5.79. The van der Waals surface area contributed by atoms with Crippen molar-refractivity contribution in [2.45, 2.75) is 6.92 Å². The number of anilines is 1. The summed E-state index contributed by atoms with van der Waals surface area (Å²) in [5.74, 6) is 1.28. The Labute approximate surface area is 133 Å². The van der Waals surface area contributed by atoms with Gasteiger partial charge in [-0.3, -0.25) is 4.79 Å². The van der Waals surface area contributed by atoms with E-state index < -0.39 is 0 Å². The minimum atomic E-state index is -0.133. The van der Waals surface area contributed by atoms with Gasteiger partial charge < -0.3 is 9.47 Å². The zero-order valence-electron chi connectivity index (χ0n) is 12.5. The van der Waals surface area contributed by atoms with E-state index >= 15 is 0 Å². The lowest BCUT2D eigenvalue weighted by Gasteiger charge is -2.11. The van der Waals surface area contributed by atoms with Gasteiger partial charge >= 0.3 is 0 Å². The third-order valence-corrected chi connectivity index (χ3v) is 3.77. The molecule has 0 aromatic heterocycles. The molecule has 0 saturated heterocycles. The first-order chi connectivity index (χ1) is 11.2. The summed E-state index contributed by atoms with van der Waals surface area (Å²) >= 11 is 0. The first-order valence-corrected chi connectivity index (χ1v) is 7.29. The van der Waals surface area contributed by atoms with Crippen molar-refractivity contribution in [2.24, 2.45) is 5.10 Å². The minimum absolute atomic E-state index is 0.133. The second-order valence-electron chi connectivity index (χ2n) is 5.31. The van der Waals surface area contributed by atoms with Gasteiger partial charge in [-0.1, -0.05) is 24.3 Å². The molecule has 0 aliphatic carbocycles. The molecule has 1 amide bonds. The summed E-state index contributed by atoms with van der Waals surface area (Å²) in [6.45, 7) is 2.07. The number of hydrogen-bond donors (Lipinski definition) is 0. The number of nitrogens with zero attached hydrogens (tertiary/aromatic N) is 2. The van der Waals surface area contributed by atoms with E-state index in [0.717, 1.165) is 17.0 Å². The molecule has 5 nitrogen and oxygen atoms in total. The van der Waals surface area contributed by atoms with Gasteiger partial charge in [-0.15, -0.1) is 0 Å². The number of benzene rings is 2. The third-order valence-electron chi connectivity index (χ3n) is 3.77. The van der Waals surface area contributed by atoms with Gasteiger partial charge in [0, 0.05) is 0 Å². The quantitative estimate of drug-likeness (QED) is 0.800. The normalized spacial score (nSPS) is 17.8. The van der Waals surface area contributed by atoms with Crippen LogP contribution in [0.15, 0.2) is 59.2 Å². The molecule has 0 atom stereocenters. The lowest BCUT2D eigenvalue weighted by atomic mass is 10.1. The van der Waals surface area contributed by atoms with Crippen LogP contribution in [0.4, 0.5) is 5.69 Å². The molecule has 0 radical (unpaired) electrons. The number of carbonyl (C=O) groups excluding carboxylic acids is 1. The Bertz CT molecular complexity index is 841. The molecule has 0 fully saturated rings. The highest BCUT2D eigenvalue weighted by Gasteiger charge is 2.28. The van der Waals surface area contributed by atoms with Gasteiger partial charge in [0.15, 0.2) is 11.5 Å². The molecular formula is C18H14N2O3. The van der Waals surface area contributed by atoms with Crippen molar-refractivity contribution in [3.63, 3.8) is 0 Å². The molecule has 2 aromatic rings. The molecule has 2 aromatic carbocycles. The Hall–Kier alpha value is -3.08. The number of hydrogen-bond acceptors (Lipinski definition) is 4. The maximum absolute atomic E-state index is 12.6. The fourth-order valence-corrected chi connectivity index (χ4v) is 2.60. The van der Waals surface area contributed by atoms with Gasteiger partial charge in [0.05, 0.1) is 17.0 Å². The number of fused-ring (bicyclic) bond motifs is 1. The topological polar surface area (TPSA) is 51.1 Å². The van der Waals surface area contributed by atoms with Crippen LogP contribution in [-0.4, -0.2) is 18.4 Å². The first kappa shape index (κ1) is 13.6. The molecular weight excluding hydrogens is 292 g/mol. The van der Waals surface area contributed by atoms with E-state index in [1.807, 2.05) is 61.5 Å². The predicted octanol–water partition coefficient (Wildman–Crippen LogP) is 3.22. The maximum atomic E-state index is 12.6. The van der Waals surface area contributed by atoms with Crippen LogP contribution in [0.25, 0.3) is 6.08 Å². The SMILES string of the molecule is CC1=NN(c2ccccc2)C(=O)C1=Cc1ccc2c(c1)OCO2. The van der Waals surface area contributed by atoms with Crippen LogP contribution in [0, 0.1) is 0 Å². The fraction of sp³-hybridized carbons (Fsp3) is 0.111. The van der Waals surface area contributed by atoms with E-state index in [4.69, 9.17) is 9.47 Å². The average molecular weight is 306 g/mol. The molecule has 0 bridgehead atoms. The van der Waals surface area contributed by atoms with Gasteiger partial charge in [-0.2, -0.15) is 10.1 Å². The van der Waals surface area contributed by atoms with E-state index in [0.29, 0.717) is 17.0 Å². The molecule has 2 heterocycles. The molecule has 0 saturated carbocycles. The summed E-state index contributed by atoms with van der Waals surface area (Å²) in [7, 11) is 0. The van der Waals surface area contributed by atoms with Gasteiger partial charge in [0.2, 0.25) is 6.79 Å². The molecule has 0 spiro atoms. The van der Waals surface area contributed by atoms with Crippen LogP contribution in [-0.2, 0) is 4.79 Å². The van der Waals surface area contributed by atoms with E-state index in [1.54, 1.807) is 0 Å². The summed E-state index contributed by atoms with van der Waals surface area (Å²) < 4.78 is 10.7. The smallest absolute Gasteiger partial charge is 0.280 e. The van der Waals surface area contributed by atoms with Gasteiger partial charge in [0.1, 0.15) is 0 Å². The van der Waals surface area contributed by atoms with E-state index in [-0.39, 0.29) is 12.7 Å². The van der Waals surface area contributed by atoms with Crippen molar-refractivity contribution in [2.75, 3.05) is 11.8 Å². The Morgan fingerprint density at radius 2 is 1.87 bits per heavy atom. The maximum Gasteiger partial charge on any atom is 0.280 e. The monoisotopic (exact) mass is 306 g/mol. The van der Waals surface area contributed by atoms with Crippen molar-refractivity contribution < 1.29 is 14.3 Å². The number of carbonyl (C=O) groups is 1. The molecule has 4 rings (SSSR count). The third kappa shape index (κ3) is 2.36. The highest BCUT2D eigenvalue weighted by molar-refractivity contribution is 6.32. The van der Waals surface area contributed by atoms with Crippen LogP contribution in [0.2, 0.25) is 0 Å². The Morgan fingerprint density at radius 1 is 1.09 bits per heavy atom. The first-order valence-electron chi connectivity index (χ1n) is 7.29. The fourth-order valence-electron chi connectivity index (χ4n) is 2.60. The van der Waals surface area contributed by atoms with Crippen LogP contribution in [0.1, 0.15) is 12.5 Å². The predicted molar refractivity (Wildman–Crippen MR) is 87.6 cm³/mol. The molecule has 0 N–H and O–H groups in total. The van der Waals surface area contributed by atoms with E-state index in [9.17, 15) is 4.79 Å². The van der Waals surface area contributed by atoms with Gasteiger partial charge in [-0.05, 0) is 42.8 Å². The summed E-state index contributed by atoms with van der Waals surface area (Å²) in [4.78, 5) is 12.6. The number of amides is 1. The van der Waals surface area contributed by atoms with Crippen LogP contribution < -0.4 is 14.5 Å². The van der Waals surface area contributed by atoms with E-state index in [1.165, 1.54) is 5.01 Å². The van der Waals surface area contributed by atoms with Gasteiger partial charge in [0.25, 0.3) is 5.91 Å². The Kier molecular flexibility index (Phi) is 3.12. The summed E-state index contributed by atoms with van der Waals surface area (Å²) in [6, 6.07) is 15.0. The number of hydrazone groups is 1. The Balaban J connectivity index is 1.67. The lowest BCUT2D eigenvalue weighted by molar-refractivity contribution is -0.114. The highest BCUT2D eigenvalue weighted by Crippen LogP contribution is 2.33. The second kappa shape index (κ2) is 5.28. The van der Waals surface area contributed by atoms with Crippen molar-refractivity contribution >= 4 is 23.4 Å². The Morgan fingerprint density at radius 3 is 2.70 bits per heavy atom. The largest absolute Gasteiger partial charge is 0.454 e. The zero-order valence-corrected chi connectivity index (χ0v) is 12.5. The lowest BCUT2D eigenvalue weighted by Crippen LogP contribution is -2.21. The number of rotatable bonds is 2.